The standard InChI is InChI=1S/C20H20N2O4/c1-25-13-7-9-19(26-2)17(11-13)20-15-5-3-4-14(15)16-10-12(22(23)24)6-8-18(16)21-20/h3-4,6-11,14-15,20-21H,5H2,1-2H3/t14-,15-,20-/m1/s1. The van der Waals surface area contributed by atoms with Gasteiger partial charge in [0.2, 0.25) is 0 Å². The number of methoxy groups -OCH3 is 2. The van der Waals surface area contributed by atoms with E-state index in [1.54, 1.807) is 32.4 Å². The van der Waals surface area contributed by atoms with E-state index in [2.05, 4.69) is 17.5 Å². The summed E-state index contributed by atoms with van der Waals surface area (Å²) in [5.41, 5.74) is 3.07. The number of hydrogen-bond acceptors (Lipinski definition) is 5. The van der Waals surface area contributed by atoms with Crippen LogP contribution in [-0.4, -0.2) is 19.1 Å². The van der Waals surface area contributed by atoms with E-state index in [-0.39, 0.29) is 28.5 Å². The Labute approximate surface area is 151 Å². The van der Waals surface area contributed by atoms with Crippen LogP contribution in [0.2, 0.25) is 0 Å². The summed E-state index contributed by atoms with van der Waals surface area (Å²) in [5, 5.41) is 14.7. The second-order valence-corrected chi connectivity index (χ2v) is 6.61. The number of benzene rings is 2. The van der Waals surface area contributed by atoms with Crippen LogP contribution in [0.25, 0.3) is 0 Å². The van der Waals surface area contributed by atoms with Crippen molar-refractivity contribution in [3.8, 4) is 11.5 Å². The highest BCUT2D eigenvalue weighted by Gasteiger charge is 2.39. The molecule has 0 spiro atoms. The second-order valence-electron chi connectivity index (χ2n) is 6.61. The molecule has 1 aliphatic heterocycles. The quantitative estimate of drug-likeness (QED) is 0.500. The van der Waals surface area contributed by atoms with Gasteiger partial charge in [-0.1, -0.05) is 12.2 Å². The molecule has 3 atom stereocenters. The summed E-state index contributed by atoms with van der Waals surface area (Å²) >= 11 is 0. The summed E-state index contributed by atoms with van der Waals surface area (Å²) in [6, 6.07) is 10.9. The Morgan fingerprint density at radius 2 is 1.96 bits per heavy atom. The van der Waals surface area contributed by atoms with Crippen LogP contribution in [0.5, 0.6) is 11.5 Å². The number of allylic oxidation sites excluding steroid dienone is 2. The zero-order chi connectivity index (χ0) is 18.3. The van der Waals surface area contributed by atoms with Crippen molar-refractivity contribution < 1.29 is 14.4 Å². The highest BCUT2D eigenvalue weighted by molar-refractivity contribution is 5.63. The summed E-state index contributed by atoms with van der Waals surface area (Å²) in [5.74, 6) is 2.00. The van der Waals surface area contributed by atoms with Crippen LogP contribution < -0.4 is 14.8 Å². The Kier molecular flexibility index (Phi) is 4.03. The first-order valence-electron chi connectivity index (χ1n) is 8.56. The van der Waals surface area contributed by atoms with Crippen LogP contribution >= 0.6 is 0 Å². The molecule has 1 N–H and O–H groups in total. The summed E-state index contributed by atoms with van der Waals surface area (Å²) in [6.45, 7) is 0. The Morgan fingerprint density at radius 3 is 2.69 bits per heavy atom. The number of non-ortho nitro benzene ring substituents is 1. The van der Waals surface area contributed by atoms with Crippen molar-refractivity contribution in [2.45, 2.75) is 18.4 Å². The second kappa shape index (κ2) is 6.37. The molecule has 0 saturated carbocycles. The Bertz CT molecular complexity index is 893. The number of nitro groups is 1. The Balaban J connectivity index is 1.80. The van der Waals surface area contributed by atoms with Gasteiger partial charge in [0.1, 0.15) is 11.5 Å². The molecule has 1 heterocycles. The van der Waals surface area contributed by atoms with E-state index in [9.17, 15) is 10.1 Å². The fourth-order valence-corrected chi connectivity index (χ4v) is 4.09. The Hall–Kier alpha value is -3.02. The molecule has 2 aliphatic rings. The van der Waals surface area contributed by atoms with Crippen LogP contribution in [0.3, 0.4) is 0 Å². The lowest BCUT2D eigenvalue weighted by atomic mass is 9.76. The van der Waals surface area contributed by atoms with E-state index >= 15 is 0 Å². The minimum Gasteiger partial charge on any atom is -0.497 e. The molecule has 2 aromatic carbocycles. The fourth-order valence-electron chi connectivity index (χ4n) is 4.09. The third-order valence-electron chi connectivity index (χ3n) is 5.33. The Morgan fingerprint density at radius 1 is 1.12 bits per heavy atom. The summed E-state index contributed by atoms with van der Waals surface area (Å²) in [4.78, 5) is 10.8. The molecule has 6 heteroatoms. The summed E-state index contributed by atoms with van der Waals surface area (Å²) < 4.78 is 11.0. The number of ether oxygens (including phenoxy) is 2. The van der Waals surface area contributed by atoms with Crippen molar-refractivity contribution in [2.24, 2.45) is 5.92 Å². The highest BCUT2D eigenvalue weighted by atomic mass is 16.6. The summed E-state index contributed by atoms with van der Waals surface area (Å²) in [6.07, 6.45) is 5.23. The average Bonchev–Trinajstić information content (AvgIpc) is 3.16. The smallest absolute Gasteiger partial charge is 0.269 e. The predicted molar refractivity (Wildman–Crippen MR) is 99.0 cm³/mol. The van der Waals surface area contributed by atoms with Crippen LogP contribution in [0.4, 0.5) is 11.4 Å². The van der Waals surface area contributed by atoms with E-state index < -0.39 is 0 Å². The van der Waals surface area contributed by atoms with Gasteiger partial charge in [-0.15, -0.1) is 0 Å². The number of nitro benzene ring substituents is 1. The lowest BCUT2D eigenvalue weighted by Gasteiger charge is -2.37. The lowest BCUT2D eigenvalue weighted by Crippen LogP contribution is -2.29. The molecule has 0 bridgehead atoms. The molecule has 1 aliphatic carbocycles. The largest absolute Gasteiger partial charge is 0.497 e. The lowest BCUT2D eigenvalue weighted by molar-refractivity contribution is -0.384. The monoisotopic (exact) mass is 352 g/mol. The number of rotatable bonds is 4. The molecule has 0 unspecified atom stereocenters. The number of anilines is 1. The maximum atomic E-state index is 11.2. The molecule has 0 aromatic heterocycles. The molecule has 0 fully saturated rings. The number of nitrogens with one attached hydrogen (secondary N) is 1. The van der Waals surface area contributed by atoms with Gasteiger partial charge in [-0.25, -0.2) is 0 Å². The fraction of sp³-hybridized carbons (Fsp3) is 0.300. The number of nitrogens with zero attached hydrogens (tertiary/aromatic N) is 1. The molecule has 2 aromatic rings. The molecule has 0 radical (unpaired) electrons. The van der Waals surface area contributed by atoms with Crippen LogP contribution in [-0.2, 0) is 0 Å². The average molecular weight is 352 g/mol. The van der Waals surface area contributed by atoms with Gasteiger partial charge in [-0.2, -0.15) is 0 Å². The highest BCUT2D eigenvalue weighted by Crippen LogP contribution is 2.52. The molecule has 0 saturated heterocycles. The molecular weight excluding hydrogens is 332 g/mol. The van der Waals surface area contributed by atoms with Crippen molar-refractivity contribution in [3.05, 3.63) is 69.8 Å². The first kappa shape index (κ1) is 16.4. The SMILES string of the molecule is COc1ccc(OC)c([C@@H]2Nc3ccc([N+](=O)[O-])cc3[C@@H]3C=CC[C@H]32)c1. The van der Waals surface area contributed by atoms with Gasteiger partial charge in [0.05, 0.1) is 25.2 Å². The maximum absolute atomic E-state index is 11.2. The third-order valence-corrected chi connectivity index (χ3v) is 5.33. The third kappa shape index (κ3) is 2.58. The van der Waals surface area contributed by atoms with Gasteiger partial charge < -0.3 is 14.8 Å². The van der Waals surface area contributed by atoms with Crippen LogP contribution in [0, 0.1) is 16.0 Å². The van der Waals surface area contributed by atoms with Gasteiger partial charge in [-0.05, 0) is 42.2 Å². The van der Waals surface area contributed by atoms with Gasteiger partial charge in [0.25, 0.3) is 5.69 Å². The zero-order valence-corrected chi connectivity index (χ0v) is 14.6. The topological polar surface area (TPSA) is 73.6 Å². The number of hydrogen-bond donors (Lipinski definition) is 1. The summed E-state index contributed by atoms with van der Waals surface area (Å²) in [7, 11) is 3.31. The van der Waals surface area contributed by atoms with Gasteiger partial charge in [0, 0.05) is 29.3 Å². The molecule has 26 heavy (non-hydrogen) atoms. The minimum absolute atomic E-state index is 0.0361. The first-order chi connectivity index (χ1) is 12.6. The van der Waals surface area contributed by atoms with E-state index in [0.717, 1.165) is 34.7 Å². The number of fused-ring (bicyclic) bond motifs is 3. The first-order valence-corrected chi connectivity index (χ1v) is 8.56. The van der Waals surface area contributed by atoms with Crippen molar-refractivity contribution in [2.75, 3.05) is 19.5 Å². The van der Waals surface area contributed by atoms with E-state index in [1.165, 1.54) is 0 Å². The van der Waals surface area contributed by atoms with Gasteiger partial charge in [0.15, 0.2) is 0 Å². The van der Waals surface area contributed by atoms with E-state index in [1.807, 2.05) is 18.2 Å². The van der Waals surface area contributed by atoms with Gasteiger partial charge >= 0.3 is 0 Å². The van der Waals surface area contributed by atoms with E-state index in [0.29, 0.717) is 0 Å². The van der Waals surface area contributed by atoms with Gasteiger partial charge in [-0.3, -0.25) is 10.1 Å². The molecule has 4 rings (SSSR count). The van der Waals surface area contributed by atoms with Crippen molar-refractivity contribution in [1.29, 1.82) is 0 Å². The maximum Gasteiger partial charge on any atom is 0.269 e. The van der Waals surface area contributed by atoms with Crippen molar-refractivity contribution >= 4 is 11.4 Å². The molecule has 6 nitrogen and oxygen atoms in total. The molecular formula is C20H20N2O4. The zero-order valence-electron chi connectivity index (χ0n) is 14.6. The minimum atomic E-state index is -0.342. The molecule has 0 amide bonds. The van der Waals surface area contributed by atoms with Crippen LogP contribution in [0.1, 0.15) is 29.5 Å². The predicted octanol–water partition coefficient (Wildman–Crippen LogP) is 4.44. The molecule has 134 valence electrons. The van der Waals surface area contributed by atoms with Crippen molar-refractivity contribution in [1.82, 2.24) is 0 Å². The van der Waals surface area contributed by atoms with Crippen molar-refractivity contribution in [3.63, 3.8) is 0 Å². The normalized spacial score (nSPS) is 22.9. The van der Waals surface area contributed by atoms with Crippen LogP contribution in [0.15, 0.2) is 48.6 Å². The van der Waals surface area contributed by atoms with E-state index in [4.69, 9.17) is 9.47 Å².